The molecule has 4 fully saturated rings. The number of fused-ring (bicyclic) bond motifs is 4. The molecule has 10 atom stereocenters. The topological polar surface area (TPSA) is 298 Å². The van der Waals surface area contributed by atoms with Gasteiger partial charge in [-0.1, -0.05) is 0 Å². The van der Waals surface area contributed by atoms with E-state index in [1.165, 1.54) is 35.7 Å². The second-order valence-electron chi connectivity index (χ2n) is 11.2. The van der Waals surface area contributed by atoms with Gasteiger partial charge in [-0.05, 0) is 0 Å². The van der Waals surface area contributed by atoms with E-state index in [1.54, 1.807) is 0 Å². The standard InChI is InChI=1S/C21H25BN10O12P2/c22-45(35)40-3-21-2-38-12(19(42-21)31-5-27-8-14(23)25-4-26-15(8)31)13(21)44-46(36,37)39-1-7-10(33)11(43-45)18(41-7)32-6-28-9-16(32)29-20(24)30-17(9)34/h4-7,10-13,18-19,33H,1-3,22H2,(H,36,37)(H2,23,25,26)(H3,24,29,30,34)/t7?,10?,11?,12?,13?,18?,19?,21?,45-/m1/s1. The highest BCUT2D eigenvalue weighted by Gasteiger charge is 2.66. The highest BCUT2D eigenvalue weighted by atomic mass is 31.2. The van der Waals surface area contributed by atoms with E-state index in [1.807, 2.05) is 0 Å². The molecule has 0 aliphatic carbocycles. The van der Waals surface area contributed by atoms with E-state index in [4.69, 9.17) is 43.8 Å². The van der Waals surface area contributed by atoms with E-state index in [0.717, 1.165) is 0 Å². The van der Waals surface area contributed by atoms with Crippen molar-refractivity contribution in [3.05, 3.63) is 29.3 Å². The number of nitrogens with zero attached hydrogens (tertiary/aromatic N) is 7. The zero-order chi connectivity index (χ0) is 32.2. The molecule has 0 aromatic carbocycles. The number of aromatic nitrogens is 8. The van der Waals surface area contributed by atoms with E-state index in [0.29, 0.717) is 5.65 Å². The van der Waals surface area contributed by atoms with Crippen LogP contribution in [-0.4, -0.2) is 113 Å². The summed E-state index contributed by atoms with van der Waals surface area (Å²) in [5.41, 5.74) is 9.88. The number of aliphatic hydroxyl groups is 1. The van der Waals surface area contributed by atoms with E-state index >= 15 is 0 Å². The third-order valence-electron chi connectivity index (χ3n) is 8.18. The number of nitrogen functional groups attached to an aromatic ring is 2. The molecule has 22 nitrogen and oxygen atoms in total. The number of rotatable bonds is 2. The molecular formula is C21H25BN10O12P2. The van der Waals surface area contributed by atoms with Gasteiger partial charge in [-0.3, -0.25) is 32.5 Å². The maximum Gasteiger partial charge on any atom is 0.472 e. The van der Waals surface area contributed by atoms with Gasteiger partial charge in [0.15, 0.2) is 35.1 Å². The Hall–Kier alpha value is -3.34. The number of imidazole rings is 2. The van der Waals surface area contributed by atoms with Crippen molar-refractivity contribution < 1.29 is 51.4 Å². The minimum atomic E-state index is -4.93. The summed E-state index contributed by atoms with van der Waals surface area (Å²) in [6.07, 6.45) is -5.14. The van der Waals surface area contributed by atoms with Gasteiger partial charge in [0.25, 0.3) is 20.6 Å². The molecule has 7 N–H and O–H groups in total. The Bertz CT molecular complexity index is 2030. The van der Waals surface area contributed by atoms with Crippen molar-refractivity contribution in [1.29, 1.82) is 0 Å². The maximum absolute atomic E-state index is 13.8. The summed E-state index contributed by atoms with van der Waals surface area (Å²) in [6.45, 7) is -1.38. The van der Waals surface area contributed by atoms with Gasteiger partial charge in [-0.2, -0.15) is 4.98 Å². The molecule has 244 valence electrons. The summed E-state index contributed by atoms with van der Waals surface area (Å²) in [7, 11) is -7.86. The van der Waals surface area contributed by atoms with E-state index in [2.05, 4.69) is 29.9 Å². The Morgan fingerprint density at radius 3 is 2.57 bits per heavy atom. The molecule has 4 bridgehead atoms. The minimum absolute atomic E-state index is 0.0296. The fourth-order valence-corrected chi connectivity index (χ4v) is 8.25. The highest BCUT2D eigenvalue weighted by Crippen LogP contribution is 2.58. The second kappa shape index (κ2) is 10.3. The molecule has 4 aromatic rings. The average Bonchev–Trinajstić information content (AvgIpc) is 3.80. The molecule has 4 aliphatic rings. The van der Waals surface area contributed by atoms with Crippen LogP contribution in [0.5, 0.6) is 0 Å². The van der Waals surface area contributed by atoms with Crippen LogP contribution < -0.4 is 17.0 Å². The van der Waals surface area contributed by atoms with E-state index in [9.17, 15) is 23.9 Å². The molecule has 0 saturated carbocycles. The summed E-state index contributed by atoms with van der Waals surface area (Å²) in [5.74, 6) is -0.0990. The number of H-pyrrole nitrogens is 1. The Morgan fingerprint density at radius 1 is 1.00 bits per heavy atom. The number of phosphoric acid groups is 1. The van der Waals surface area contributed by atoms with Crippen LogP contribution in [-0.2, 0) is 41.4 Å². The average molecular weight is 682 g/mol. The molecule has 0 spiro atoms. The normalized spacial score (nSPS) is 39.7. The molecule has 4 saturated heterocycles. The lowest BCUT2D eigenvalue weighted by atomic mass is 10.0. The van der Waals surface area contributed by atoms with Gasteiger partial charge in [0.1, 0.15) is 48.0 Å². The quantitative estimate of drug-likeness (QED) is 0.110. The highest BCUT2D eigenvalue weighted by molar-refractivity contribution is 7.79. The van der Waals surface area contributed by atoms with Crippen LogP contribution in [0.4, 0.5) is 11.8 Å². The summed E-state index contributed by atoms with van der Waals surface area (Å²) in [4.78, 5) is 46.0. The zero-order valence-corrected chi connectivity index (χ0v) is 25.3. The van der Waals surface area contributed by atoms with Gasteiger partial charge in [0, 0.05) is 0 Å². The Balaban J connectivity index is 1.14. The van der Waals surface area contributed by atoms with Crippen LogP contribution in [0.3, 0.4) is 0 Å². The number of aliphatic hydroxyl groups excluding tert-OH is 1. The maximum atomic E-state index is 13.8. The lowest BCUT2D eigenvalue weighted by Crippen LogP contribution is -2.46. The van der Waals surface area contributed by atoms with E-state index < -0.39 is 82.6 Å². The first kappa shape index (κ1) is 30.0. The molecule has 0 amide bonds. The van der Waals surface area contributed by atoms with Gasteiger partial charge in [-0.25, -0.2) is 24.5 Å². The minimum Gasteiger partial charge on any atom is -0.387 e. The molecule has 4 aliphatic heterocycles. The van der Waals surface area contributed by atoms with Gasteiger partial charge in [-0.15, -0.1) is 0 Å². The largest absolute Gasteiger partial charge is 0.472 e. The molecular weight excluding hydrogens is 657 g/mol. The number of ether oxygens (including phenoxy) is 3. The number of phosphoric ester groups is 1. The van der Waals surface area contributed by atoms with Crippen LogP contribution >= 0.6 is 15.3 Å². The number of nitrogens with two attached hydrogens (primary N) is 2. The van der Waals surface area contributed by atoms with Crippen molar-refractivity contribution in [3.8, 4) is 0 Å². The fraction of sp³-hybridized carbons (Fsp3) is 0.524. The molecule has 4 aromatic heterocycles. The lowest BCUT2D eigenvalue weighted by molar-refractivity contribution is -0.183. The summed E-state index contributed by atoms with van der Waals surface area (Å²) in [5, 5.41) is 11.2. The predicted octanol–water partition coefficient (Wildman–Crippen LogP) is -2.29. The van der Waals surface area contributed by atoms with Crippen LogP contribution in [0.2, 0.25) is 0 Å². The van der Waals surface area contributed by atoms with Crippen LogP contribution in [0.15, 0.2) is 23.8 Å². The van der Waals surface area contributed by atoms with Crippen LogP contribution in [0.25, 0.3) is 22.3 Å². The third kappa shape index (κ3) is 4.70. The molecule has 8 heterocycles. The van der Waals surface area contributed by atoms with Crippen molar-refractivity contribution in [2.24, 2.45) is 0 Å². The fourth-order valence-electron chi connectivity index (χ4n) is 6.07. The monoisotopic (exact) mass is 682 g/mol. The van der Waals surface area contributed by atoms with Gasteiger partial charge in [0.2, 0.25) is 5.95 Å². The van der Waals surface area contributed by atoms with Gasteiger partial charge in [0.05, 0.1) is 32.5 Å². The lowest BCUT2D eigenvalue weighted by Gasteiger charge is -2.33. The molecule has 25 heteroatoms. The molecule has 8 rings (SSSR count). The van der Waals surface area contributed by atoms with Crippen molar-refractivity contribution in [2.45, 2.75) is 48.6 Å². The van der Waals surface area contributed by atoms with E-state index in [-0.39, 0.29) is 35.1 Å². The third-order valence-corrected chi connectivity index (χ3v) is 10.4. The van der Waals surface area contributed by atoms with Gasteiger partial charge >= 0.3 is 7.82 Å². The first-order valence-electron chi connectivity index (χ1n) is 13.7. The number of aromatic amines is 1. The van der Waals surface area contributed by atoms with Crippen molar-refractivity contribution >= 4 is 57.0 Å². The summed E-state index contributed by atoms with van der Waals surface area (Å²) < 4.78 is 70.7. The van der Waals surface area contributed by atoms with Crippen LogP contribution in [0.1, 0.15) is 12.5 Å². The number of nitrogens with one attached hydrogen (secondary N) is 1. The Kier molecular flexibility index (Phi) is 6.74. The molecule has 9 unspecified atom stereocenters. The first-order chi connectivity index (χ1) is 21.8. The SMILES string of the molecule is B[P@@]1(=O)OCC23COC(C(n4cnc5c(N)ncnc54)O2)C3OP(=O)(O)OCC2OC(n3cnc4c(=O)[nH]c(N)nc43)C(O1)C2O. The number of hydrogen-bond donors (Lipinski definition) is 5. The van der Waals surface area contributed by atoms with Crippen LogP contribution in [0, 0.1) is 0 Å². The van der Waals surface area contributed by atoms with Gasteiger partial charge < -0.3 is 44.7 Å². The second-order valence-corrected chi connectivity index (χ2v) is 14.6. The van der Waals surface area contributed by atoms with Crippen molar-refractivity contribution in [3.63, 3.8) is 0 Å². The smallest absolute Gasteiger partial charge is 0.387 e. The van der Waals surface area contributed by atoms with Crippen molar-refractivity contribution in [2.75, 3.05) is 31.3 Å². The molecule has 0 radical (unpaired) electrons. The Morgan fingerprint density at radius 2 is 1.76 bits per heavy atom. The Labute approximate surface area is 256 Å². The summed E-state index contributed by atoms with van der Waals surface area (Å²) in [6, 6.07) is 0. The predicted molar refractivity (Wildman–Crippen MR) is 152 cm³/mol. The first-order valence-corrected chi connectivity index (χ1v) is 17.2. The number of anilines is 2. The molecule has 46 heavy (non-hydrogen) atoms. The summed E-state index contributed by atoms with van der Waals surface area (Å²) >= 11 is 0. The zero-order valence-electron chi connectivity index (χ0n) is 23.6. The van der Waals surface area contributed by atoms with Crippen molar-refractivity contribution in [1.82, 2.24) is 39.0 Å². The number of hydrogen-bond acceptors (Lipinski definition) is 18.